The Morgan fingerprint density at radius 1 is 1.15 bits per heavy atom. The van der Waals surface area contributed by atoms with Crippen LogP contribution < -0.4 is 5.32 Å². The molecule has 0 spiro atoms. The molecule has 1 aliphatic heterocycles. The molecule has 1 fully saturated rings. The number of benzene rings is 1. The molecule has 1 aromatic heterocycles. The Balaban J connectivity index is 1.42. The molecule has 1 aliphatic rings. The predicted octanol–water partition coefficient (Wildman–Crippen LogP) is 2.59. The SMILES string of the molecule is CN(CC(=O)N1CCC(C(=O)Nc2ccccc2)CC1)Cc1ccco1. The fraction of sp³-hybridized carbons (Fsp3) is 0.400. The highest BCUT2D eigenvalue weighted by Gasteiger charge is 2.27. The molecule has 138 valence electrons. The molecular formula is C20H25N3O3. The van der Waals surface area contributed by atoms with Crippen molar-refractivity contribution in [2.24, 2.45) is 5.92 Å². The summed E-state index contributed by atoms with van der Waals surface area (Å²) in [6.45, 7) is 2.21. The molecule has 6 heteroatoms. The van der Waals surface area contributed by atoms with Crippen LogP contribution in [-0.4, -0.2) is 48.3 Å². The second-order valence-electron chi connectivity index (χ2n) is 6.76. The van der Waals surface area contributed by atoms with E-state index in [9.17, 15) is 9.59 Å². The zero-order valence-corrected chi connectivity index (χ0v) is 15.1. The van der Waals surface area contributed by atoms with Gasteiger partial charge in [-0.25, -0.2) is 0 Å². The average Bonchev–Trinajstić information content (AvgIpc) is 3.15. The number of para-hydroxylation sites is 1. The van der Waals surface area contributed by atoms with Gasteiger partial charge in [0.2, 0.25) is 11.8 Å². The fourth-order valence-corrected chi connectivity index (χ4v) is 3.21. The molecule has 1 saturated heterocycles. The molecule has 6 nitrogen and oxygen atoms in total. The van der Waals surface area contributed by atoms with E-state index < -0.39 is 0 Å². The van der Waals surface area contributed by atoms with E-state index in [1.807, 2.05) is 59.3 Å². The van der Waals surface area contributed by atoms with Crippen LogP contribution in [0, 0.1) is 5.92 Å². The largest absolute Gasteiger partial charge is 0.468 e. The third kappa shape index (κ3) is 4.95. The zero-order chi connectivity index (χ0) is 18.4. The van der Waals surface area contributed by atoms with Gasteiger partial charge >= 0.3 is 0 Å². The van der Waals surface area contributed by atoms with Crippen molar-refractivity contribution in [3.8, 4) is 0 Å². The van der Waals surface area contributed by atoms with Crippen molar-refractivity contribution in [2.45, 2.75) is 19.4 Å². The van der Waals surface area contributed by atoms with Crippen molar-refractivity contribution >= 4 is 17.5 Å². The Kier molecular flexibility index (Phi) is 6.07. The van der Waals surface area contributed by atoms with Gasteiger partial charge in [-0.05, 0) is 44.2 Å². The Labute approximate surface area is 153 Å². The normalized spacial score (nSPS) is 15.2. The van der Waals surface area contributed by atoms with Gasteiger partial charge in [-0.15, -0.1) is 0 Å². The highest BCUT2D eigenvalue weighted by atomic mass is 16.3. The molecule has 0 unspecified atom stereocenters. The topological polar surface area (TPSA) is 65.8 Å². The van der Waals surface area contributed by atoms with Crippen molar-refractivity contribution in [1.82, 2.24) is 9.80 Å². The first-order chi connectivity index (χ1) is 12.6. The van der Waals surface area contributed by atoms with E-state index in [1.54, 1.807) is 6.26 Å². The lowest BCUT2D eigenvalue weighted by Gasteiger charge is -2.32. The van der Waals surface area contributed by atoms with Gasteiger partial charge in [0.15, 0.2) is 0 Å². The van der Waals surface area contributed by atoms with Gasteiger partial charge in [0.1, 0.15) is 5.76 Å². The molecule has 1 aromatic carbocycles. The van der Waals surface area contributed by atoms with Gasteiger partial charge in [0, 0.05) is 24.7 Å². The first-order valence-electron chi connectivity index (χ1n) is 8.96. The third-order valence-electron chi connectivity index (χ3n) is 4.67. The van der Waals surface area contributed by atoms with E-state index in [2.05, 4.69) is 5.32 Å². The summed E-state index contributed by atoms with van der Waals surface area (Å²) in [4.78, 5) is 28.6. The van der Waals surface area contributed by atoms with Crippen molar-refractivity contribution in [3.63, 3.8) is 0 Å². The molecule has 2 amide bonds. The van der Waals surface area contributed by atoms with Crippen molar-refractivity contribution in [1.29, 1.82) is 0 Å². The van der Waals surface area contributed by atoms with E-state index in [0.717, 1.165) is 11.4 Å². The molecule has 26 heavy (non-hydrogen) atoms. The van der Waals surface area contributed by atoms with Crippen LogP contribution in [0.1, 0.15) is 18.6 Å². The van der Waals surface area contributed by atoms with E-state index in [4.69, 9.17) is 4.42 Å². The van der Waals surface area contributed by atoms with Crippen LogP contribution in [0.2, 0.25) is 0 Å². The number of anilines is 1. The number of nitrogens with one attached hydrogen (secondary N) is 1. The zero-order valence-electron chi connectivity index (χ0n) is 15.1. The molecule has 1 N–H and O–H groups in total. The highest BCUT2D eigenvalue weighted by molar-refractivity contribution is 5.92. The first-order valence-corrected chi connectivity index (χ1v) is 8.96. The number of nitrogens with zero attached hydrogens (tertiary/aromatic N) is 2. The second-order valence-corrected chi connectivity index (χ2v) is 6.76. The smallest absolute Gasteiger partial charge is 0.236 e. The summed E-state index contributed by atoms with van der Waals surface area (Å²) in [6, 6.07) is 13.2. The summed E-state index contributed by atoms with van der Waals surface area (Å²) in [7, 11) is 1.90. The lowest BCUT2D eigenvalue weighted by atomic mass is 9.95. The van der Waals surface area contributed by atoms with Gasteiger partial charge in [-0.3, -0.25) is 14.5 Å². The van der Waals surface area contributed by atoms with Gasteiger partial charge < -0.3 is 14.6 Å². The number of likely N-dealkylation sites (tertiary alicyclic amines) is 1. The predicted molar refractivity (Wildman–Crippen MR) is 99.4 cm³/mol. The first kappa shape index (κ1) is 18.2. The number of furan rings is 1. The summed E-state index contributed by atoms with van der Waals surface area (Å²) in [5, 5.41) is 2.95. The van der Waals surface area contributed by atoms with Crippen LogP contribution in [0.25, 0.3) is 0 Å². The summed E-state index contributed by atoms with van der Waals surface area (Å²) in [6.07, 6.45) is 3.04. The van der Waals surface area contributed by atoms with Crippen molar-refractivity contribution in [2.75, 3.05) is 32.0 Å². The fourth-order valence-electron chi connectivity index (χ4n) is 3.21. The molecule has 0 bridgehead atoms. The maximum atomic E-state index is 12.5. The van der Waals surface area contributed by atoms with Gasteiger partial charge in [-0.2, -0.15) is 0 Å². The molecule has 2 heterocycles. The molecule has 0 atom stereocenters. The Morgan fingerprint density at radius 3 is 2.54 bits per heavy atom. The monoisotopic (exact) mass is 355 g/mol. The Hall–Kier alpha value is -2.60. The van der Waals surface area contributed by atoms with Crippen LogP contribution in [0.5, 0.6) is 0 Å². The molecule has 0 radical (unpaired) electrons. The molecule has 3 rings (SSSR count). The van der Waals surface area contributed by atoms with Crippen LogP contribution in [0.4, 0.5) is 5.69 Å². The Morgan fingerprint density at radius 2 is 1.88 bits per heavy atom. The van der Waals surface area contributed by atoms with Crippen molar-refractivity contribution < 1.29 is 14.0 Å². The lowest BCUT2D eigenvalue weighted by Crippen LogP contribution is -2.45. The number of likely N-dealkylation sites (N-methyl/N-ethyl adjacent to an activating group) is 1. The number of piperidine rings is 1. The quantitative estimate of drug-likeness (QED) is 0.865. The second kappa shape index (κ2) is 8.67. The maximum Gasteiger partial charge on any atom is 0.236 e. The number of carbonyl (C=O) groups is 2. The van der Waals surface area contributed by atoms with Crippen LogP contribution in [0.3, 0.4) is 0 Å². The lowest BCUT2D eigenvalue weighted by molar-refractivity contribution is -0.135. The molecular weight excluding hydrogens is 330 g/mol. The average molecular weight is 355 g/mol. The summed E-state index contributed by atoms with van der Waals surface area (Å²) < 4.78 is 5.31. The van der Waals surface area contributed by atoms with E-state index >= 15 is 0 Å². The van der Waals surface area contributed by atoms with Crippen molar-refractivity contribution in [3.05, 3.63) is 54.5 Å². The highest BCUT2D eigenvalue weighted by Crippen LogP contribution is 2.20. The number of hydrogen-bond acceptors (Lipinski definition) is 4. The minimum Gasteiger partial charge on any atom is -0.468 e. The summed E-state index contributed by atoms with van der Waals surface area (Å²) in [5.41, 5.74) is 0.815. The van der Waals surface area contributed by atoms with E-state index in [1.165, 1.54) is 0 Å². The van der Waals surface area contributed by atoms with E-state index in [-0.39, 0.29) is 17.7 Å². The molecule has 2 aromatic rings. The number of hydrogen-bond donors (Lipinski definition) is 1. The van der Waals surface area contributed by atoms with Crippen LogP contribution >= 0.6 is 0 Å². The maximum absolute atomic E-state index is 12.5. The molecule has 0 aliphatic carbocycles. The van der Waals surface area contributed by atoms with E-state index in [0.29, 0.717) is 39.0 Å². The standard InChI is InChI=1S/C20H25N3O3/c1-22(14-18-8-5-13-26-18)15-19(24)23-11-9-16(10-12-23)20(25)21-17-6-3-2-4-7-17/h2-8,13,16H,9-12,14-15H2,1H3,(H,21,25). The third-order valence-corrected chi connectivity index (χ3v) is 4.67. The minimum absolute atomic E-state index is 0.0400. The number of carbonyl (C=O) groups excluding carboxylic acids is 2. The van der Waals surface area contributed by atoms with Crippen LogP contribution in [0.15, 0.2) is 53.1 Å². The number of rotatable bonds is 6. The Bertz CT molecular complexity index is 707. The van der Waals surface area contributed by atoms with Gasteiger partial charge in [-0.1, -0.05) is 18.2 Å². The summed E-state index contributed by atoms with van der Waals surface area (Å²) >= 11 is 0. The summed E-state index contributed by atoms with van der Waals surface area (Å²) in [5.74, 6) is 0.941. The van der Waals surface area contributed by atoms with Crippen LogP contribution in [-0.2, 0) is 16.1 Å². The molecule has 0 saturated carbocycles. The van der Waals surface area contributed by atoms with Gasteiger partial charge in [0.05, 0.1) is 19.4 Å². The van der Waals surface area contributed by atoms with Gasteiger partial charge in [0.25, 0.3) is 0 Å². The number of amides is 2. The minimum atomic E-state index is -0.0416.